The molecule has 1 aliphatic heterocycles. The van der Waals surface area contributed by atoms with Gasteiger partial charge in [-0.3, -0.25) is 19.9 Å². The van der Waals surface area contributed by atoms with Gasteiger partial charge in [0.15, 0.2) is 0 Å². The van der Waals surface area contributed by atoms with Crippen LogP contribution in [0.15, 0.2) is 52.9 Å². The molecule has 0 aliphatic carbocycles. The Morgan fingerprint density at radius 3 is 2.78 bits per heavy atom. The third-order valence-corrected chi connectivity index (χ3v) is 5.21. The van der Waals surface area contributed by atoms with Crippen LogP contribution in [-0.4, -0.2) is 16.1 Å². The lowest BCUT2D eigenvalue weighted by Crippen LogP contribution is -2.17. The predicted molar refractivity (Wildman–Crippen MR) is 94.2 cm³/mol. The molecule has 1 fully saturated rings. The molecule has 0 unspecified atom stereocenters. The number of thiophene rings is 1. The van der Waals surface area contributed by atoms with Gasteiger partial charge in [0.1, 0.15) is 0 Å². The maximum absolute atomic E-state index is 11.7. The SMILES string of the molecule is O=C1NC(=O)/C(=C/c2ccc3nccc(-c4cccs4)c3c2)S1. The highest BCUT2D eigenvalue weighted by Gasteiger charge is 2.24. The molecular weight excluding hydrogens is 328 g/mol. The van der Waals surface area contributed by atoms with Crippen molar-refractivity contribution >= 4 is 51.2 Å². The summed E-state index contributed by atoms with van der Waals surface area (Å²) in [5, 5.41) is 5.00. The Morgan fingerprint density at radius 1 is 1.13 bits per heavy atom. The number of hydrogen-bond donors (Lipinski definition) is 1. The number of pyridine rings is 1. The molecule has 0 radical (unpaired) electrons. The van der Waals surface area contributed by atoms with E-state index >= 15 is 0 Å². The van der Waals surface area contributed by atoms with Gasteiger partial charge in [0.2, 0.25) is 0 Å². The molecule has 4 nitrogen and oxygen atoms in total. The van der Waals surface area contributed by atoms with Crippen molar-refractivity contribution in [2.75, 3.05) is 0 Å². The zero-order chi connectivity index (χ0) is 15.8. The van der Waals surface area contributed by atoms with E-state index in [0.717, 1.165) is 33.8 Å². The minimum Gasteiger partial charge on any atom is -0.282 e. The average Bonchev–Trinajstić information content (AvgIpc) is 3.17. The van der Waals surface area contributed by atoms with E-state index in [0.29, 0.717) is 4.91 Å². The van der Waals surface area contributed by atoms with Crippen LogP contribution in [0.3, 0.4) is 0 Å². The fourth-order valence-electron chi connectivity index (χ4n) is 2.47. The molecule has 1 N–H and O–H groups in total. The van der Waals surface area contributed by atoms with Crippen LogP contribution in [-0.2, 0) is 4.79 Å². The van der Waals surface area contributed by atoms with E-state index in [9.17, 15) is 9.59 Å². The standard InChI is InChI=1S/C17H10N2O2S2/c20-16-15(23-17(21)19-16)9-10-3-4-13-12(8-10)11(5-6-18-13)14-2-1-7-22-14/h1-9H,(H,19,20,21)/b15-9-. The lowest BCUT2D eigenvalue weighted by molar-refractivity contribution is -0.115. The van der Waals surface area contributed by atoms with Gasteiger partial charge in [0.05, 0.1) is 10.4 Å². The number of thioether (sulfide) groups is 1. The summed E-state index contributed by atoms with van der Waals surface area (Å²) in [6, 6.07) is 11.9. The monoisotopic (exact) mass is 338 g/mol. The summed E-state index contributed by atoms with van der Waals surface area (Å²) < 4.78 is 0. The topological polar surface area (TPSA) is 59.1 Å². The number of aromatic nitrogens is 1. The van der Waals surface area contributed by atoms with Crippen LogP contribution in [0.2, 0.25) is 0 Å². The van der Waals surface area contributed by atoms with Crippen molar-refractivity contribution in [1.82, 2.24) is 10.3 Å². The van der Waals surface area contributed by atoms with Gasteiger partial charge in [0.25, 0.3) is 11.1 Å². The molecule has 23 heavy (non-hydrogen) atoms. The Balaban J connectivity index is 1.84. The number of carbonyl (C=O) groups excluding carboxylic acids is 2. The molecule has 0 saturated carbocycles. The van der Waals surface area contributed by atoms with Crippen molar-refractivity contribution in [1.29, 1.82) is 0 Å². The van der Waals surface area contributed by atoms with Crippen molar-refractivity contribution in [3.63, 3.8) is 0 Å². The fraction of sp³-hybridized carbons (Fsp3) is 0. The number of nitrogens with zero attached hydrogens (tertiary/aromatic N) is 1. The first-order valence-corrected chi connectivity index (χ1v) is 8.58. The smallest absolute Gasteiger partial charge is 0.282 e. The average molecular weight is 338 g/mol. The van der Waals surface area contributed by atoms with Crippen LogP contribution >= 0.6 is 23.1 Å². The summed E-state index contributed by atoms with van der Waals surface area (Å²) >= 11 is 2.60. The molecule has 2 amide bonds. The molecule has 0 atom stereocenters. The van der Waals surface area contributed by atoms with E-state index in [1.807, 2.05) is 35.7 Å². The Morgan fingerprint density at radius 2 is 2.04 bits per heavy atom. The van der Waals surface area contributed by atoms with Crippen molar-refractivity contribution in [3.05, 3.63) is 58.4 Å². The third-order valence-electron chi connectivity index (χ3n) is 3.49. The van der Waals surface area contributed by atoms with Gasteiger partial charge >= 0.3 is 0 Å². The van der Waals surface area contributed by atoms with Crippen LogP contribution in [0.25, 0.3) is 27.4 Å². The number of amides is 2. The molecule has 4 rings (SSSR count). The summed E-state index contributed by atoms with van der Waals surface area (Å²) in [6.07, 6.45) is 3.53. The van der Waals surface area contributed by atoms with E-state index in [2.05, 4.69) is 16.4 Å². The molecule has 3 heterocycles. The Labute approximate surface area is 140 Å². The predicted octanol–water partition coefficient (Wildman–Crippen LogP) is 4.29. The van der Waals surface area contributed by atoms with E-state index in [1.165, 1.54) is 4.88 Å². The summed E-state index contributed by atoms with van der Waals surface area (Å²) in [7, 11) is 0. The summed E-state index contributed by atoms with van der Waals surface area (Å²) in [5.74, 6) is -0.343. The zero-order valence-electron chi connectivity index (χ0n) is 11.8. The van der Waals surface area contributed by atoms with Gasteiger partial charge < -0.3 is 0 Å². The van der Waals surface area contributed by atoms with Gasteiger partial charge in [-0.2, -0.15) is 0 Å². The van der Waals surface area contributed by atoms with Gasteiger partial charge in [0, 0.05) is 22.0 Å². The Bertz CT molecular complexity index is 962. The number of nitrogens with one attached hydrogen (secondary N) is 1. The Kier molecular flexibility index (Phi) is 3.48. The van der Waals surface area contributed by atoms with Crippen LogP contribution in [0.5, 0.6) is 0 Å². The van der Waals surface area contributed by atoms with Crippen LogP contribution < -0.4 is 5.32 Å². The van der Waals surface area contributed by atoms with E-state index < -0.39 is 0 Å². The second kappa shape index (κ2) is 5.64. The van der Waals surface area contributed by atoms with Crippen molar-refractivity contribution in [2.45, 2.75) is 0 Å². The first kappa shape index (κ1) is 14.2. The van der Waals surface area contributed by atoms with Gasteiger partial charge in [-0.15, -0.1) is 11.3 Å². The van der Waals surface area contributed by atoms with Crippen LogP contribution in [0, 0.1) is 0 Å². The van der Waals surface area contributed by atoms with Gasteiger partial charge in [-0.05, 0) is 53.0 Å². The number of benzene rings is 1. The molecule has 0 spiro atoms. The minimum absolute atomic E-state index is 0.331. The van der Waals surface area contributed by atoms with Gasteiger partial charge in [-0.1, -0.05) is 12.1 Å². The number of hydrogen-bond acceptors (Lipinski definition) is 5. The van der Waals surface area contributed by atoms with E-state index in [1.54, 1.807) is 23.6 Å². The first-order valence-electron chi connectivity index (χ1n) is 6.88. The lowest BCUT2D eigenvalue weighted by Gasteiger charge is -2.05. The molecule has 1 aliphatic rings. The van der Waals surface area contributed by atoms with Crippen LogP contribution in [0.4, 0.5) is 4.79 Å². The molecular formula is C17H10N2O2S2. The highest BCUT2D eigenvalue weighted by atomic mass is 32.2. The number of carbonyl (C=O) groups is 2. The van der Waals surface area contributed by atoms with Crippen molar-refractivity contribution in [2.24, 2.45) is 0 Å². The van der Waals surface area contributed by atoms with Gasteiger partial charge in [-0.25, -0.2) is 0 Å². The van der Waals surface area contributed by atoms with E-state index in [-0.39, 0.29) is 11.1 Å². The molecule has 1 aromatic carbocycles. The minimum atomic E-state index is -0.343. The van der Waals surface area contributed by atoms with Crippen LogP contribution in [0.1, 0.15) is 5.56 Å². The second-order valence-electron chi connectivity index (χ2n) is 4.96. The molecule has 112 valence electrons. The van der Waals surface area contributed by atoms with E-state index in [4.69, 9.17) is 0 Å². The first-order chi connectivity index (χ1) is 11.2. The molecule has 6 heteroatoms. The normalized spacial score (nSPS) is 16.3. The molecule has 3 aromatic rings. The summed E-state index contributed by atoms with van der Waals surface area (Å²) in [5.41, 5.74) is 2.89. The van der Waals surface area contributed by atoms with Crippen molar-refractivity contribution in [3.8, 4) is 10.4 Å². The Hall–Kier alpha value is -2.44. The number of rotatable bonds is 2. The maximum Gasteiger partial charge on any atom is 0.290 e. The number of imide groups is 1. The highest BCUT2D eigenvalue weighted by Crippen LogP contribution is 2.32. The molecule has 2 aromatic heterocycles. The number of fused-ring (bicyclic) bond motifs is 1. The summed E-state index contributed by atoms with van der Waals surface area (Å²) in [4.78, 5) is 28.9. The summed E-state index contributed by atoms with van der Waals surface area (Å²) in [6.45, 7) is 0. The quantitative estimate of drug-likeness (QED) is 0.708. The largest absolute Gasteiger partial charge is 0.290 e. The third kappa shape index (κ3) is 2.67. The molecule has 0 bridgehead atoms. The maximum atomic E-state index is 11.7. The highest BCUT2D eigenvalue weighted by molar-refractivity contribution is 8.18. The zero-order valence-corrected chi connectivity index (χ0v) is 13.4. The fourth-order valence-corrected chi connectivity index (χ4v) is 3.92. The second-order valence-corrected chi connectivity index (χ2v) is 6.93. The van der Waals surface area contributed by atoms with Crippen molar-refractivity contribution < 1.29 is 9.59 Å². The molecule has 1 saturated heterocycles. The lowest BCUT2D eigenvalue weighted by atomic mass is 10.0.